The van der Waals surface area contributed by atoms with E-state index in [1.807, 2.05) is 49.4 Å². The van der Waals surface area contributed by atoms with Crippen molar-refractivity contribution in [3.05, 3.63) is 59.7 Å². The quantitative estimate of drug-likeness (QED) is 0.805. The van der Waals surface area contributed by atoms with Gasteiger partial charge in [0, 0.05) is 37.6 Å². The summed E-state index contributed by atoms with van der Waals surface area (Å²) in [5.41, 5.74) is 3.90. The summed E-state index contributed by atoms with van der Waals surface area (Å²) >= 11 is 0. The standard InChI is InChI=1S/C22H28N4O2/c1-17-14-19(26-12-10-25(2)11-13-26)8-9-20(17)24-22(28)16-23-21(27)15-18-6-4-3-5-7-18/h3-9,14H,10-13,15-16H2,1-2H3,(H,23,27)(H,24,28). The smallest absolute Gasteiger partial charge is 0.243 e. The van der Waals surface area contributed by atoms with Crippen molar-refractivity contribution < 1.29 is 9.59 Å². The third-order valence-electron chi connectivity index (χ3n) is 5.01. The lowest BCUT2D eigenvalue weighted by molar-refractivity contribution is -0.123. The summed E-state index contributed by atoms with van der Waals surface area (Å²) in [6, 6.07) is 15.6. The molecular weight excluding hydrogens is 352 g/mol. The number of hydrogen-bond donors (Lipinski definition) is 2. The van der Waals surface area contributed by atoms with Gasteiger partial charge < -0.3 is 20.4 Å². The van der Waals surface area contributed by atoms with Gasteiger partial charge in [-0.1, -0.05) is 30.3 Å². The fourth-order valence-electron chi connectivity index (χ4n) is 3.27. The van der Waals surface area contributed by atoms with Gasteiger partial charge in [0.05, 0.1) is 13.0 Å². The maximum absolute atomic E-state index is 12.2. The number of benzene rings is 2. The average molecular weight is 380 g/mol. The van der Waals surface area contributed by atoms with Gasteiger partial charge in [0.25, 0.3) is 0 Å². The van der Waals surface area contributed by atoms with Crippen LogP contribution < -0.4 is 15.5 Å². The molecule has 2 N–H and O–H groups in total. The fraction of sp³-hybridized carbons (Fsp3) is 0.364. The molecule has 0 radical (unpaired) electrons. The Morgan fingerprint density at radius 3 is 2.36 bits per heavy atom. The second-order valence-electron chi connectivity index (χ2n) is 7.28. The molecule has 0 atom stereocenters. The van der Waals surface area contributed by atoms with E-state index in [0.717, 1.165) is 43.0 Å². The van der Waals surface area contributed by atoms with Crippen molar-refractivity contribution in [3.63, 3.8) is 0 Å². The monoisotopic (exact) mass is 380 g/mol. The minimum Gasteiger partial charge on any atom is -0.369 e. The zero-order valence-electron chi connectivity index (χ0n) is 16.6. The Balaban J connectivity index is 1.49. The predicted molar refractivity (Wildman–Crippen MR) is 113 cm³/mol. The third-order valence-corrected chi connectivity index (χ3v) is 5.01. The van der Waals surface area contributed by atoms with Crippen molar-refractivity contribution in [1.29, 1.82) is 0 Å². The lowest BCUT2D eigenvalue weighted by atomic mass is 10.1. The lowest BCUT2D eigenvalue weighted by Gasteiger charge is -2.34. The van der Waals surface area contributed by atoms with Crippen LogP contribution >= 0.6 is 0 Å². The van der Waals surface area contributed by atoms with Crippen LogP contribution in [0.2, 0.25) is 0 Å². The van der Waals surface area contributed by atoms with Crippen LogP contribution in [0, 0.1) is 6.92 Å². The van der Waals surface area contributed by atoms with Crippen LogP contribution in [0.5, 0.6) is 0 Å². The van der Waals surface area contributed by atoms with Gasteiger partial charge in [-0.25, -0.2) is 0 Å². The molecule has 0 spiro atoms. The van der Waals surface area contributed by atoms with Gasteiger partial charge in [0.15, 0.2) is 0 Å². The van der Waals surface area contributed by atoms with Crippen LogP contribution in [-0.2, 0) is 16.0 Å². The van der Waals surface area contributed by atoms with E-state index >= 15 is 0 Å². The number of nitrogens with zero attached hydrogens (tertiary/aromatic N) is 2. The van der Waals surface area contributed by atoms with Crippen LogP contribution in [-0.4, -0.2) is 56.5 Å². The molecule has 3 rings (SSSR count). The Kier molecular flexibility index (Phi) is 6.66. The van der Waals surface area contributed by atoms with Gasteiger partial charge in [-0.15, -0.1) is 0 Å². The Morgan fingerprint density at radius 1 is 0.964 bits per heavy atom. The number of likely N-dealkylation sites (N-methyl/N-ethyl adjacent to an activating group) is 1. The second-order valence-corrected chi connectivity index (χ2v) is 7.28. The Bertz CT molecular complexity index is 815. The summed E-state index contributed by atoms with van der Waals surface area (Å²) in [6.07, 6.45) is 0.271. The van der Waals surface area contributed by atoms with E-state index in [-0.39, 0.29) is 24.8 Å². The first-order valence-electron chi connectivity index (χ1n) is 9.66. The van der Waals surface area contributed by atoms with Gasteiger partial charge in [-0.05, 0) is 43.3 Å². The van der Waals surface area contributed by atoms with E-state index in [4.69, 9.17) is 0 Å². The van der Waals surface area contributed by atoms with E-state index in [1.165, 1.54) is 5.69 Å². The molecule has 28 heavy (non-hydrogen) atoms. The fourth-order valence-corrected chi connectivity index (χ4v) is 3.27. The minimum atomic E-state index is -0.225. The van der Waals surface area contributed by atoms with Crippen molar-refractivity contribution in [1.82, 2.24) is 10.2 Å². The average Bonchev–Trinajstić information content (AvgIpc) is 2.69. The highest BCUT2D eigenvalue weighted by molar-refractivity contribution is 5.95. The van der Waals surface area contributed by atoms with E-state index in [9.17, 15) is 9.59 Å². The third kappa shape index (κ3) is 5.57. The number of carbonyl (C=O) groups is 2. The summed E-state index contributed by atoms with van der Waals surface area (Å²) in [6.45, 7) is 6.08. The van der Waals surface area contributed by atoms with Gasteiger partial charge in [0.1, 0.15) is 0 Å². The normalized spacial score (nSPS) is 14.6. The van der Waals surface area contributed by atoms with Crippen LogP contribution in [0.15, 0.2) is 48.5 Å². The van der Waals surface area contributed by atoms with Gasteiger partial charge in [-0.2, -0.15) is 0 Å². The number of rotatable bonds is 6. The lowest BCUT2D eigenvalue weighted by Crippen LogP contribution is -2.44. The highest BCUT2D eigenvalue weighted by Gasteiger charge is 2.15. The first-order chi connectivity index (χ1) is 13.5. The maximum Gasteiger partial charge on any atom is 0.243 e. The van der Waals surface area contributed by atoms with Crippen molar-refractivity contribution >= 4 is 23.2 Å². The van der Waals surface area contributed by atoms with E-state index in [1.54, 1.807) is 0 Å². The van der Waals surface area contributed by atoms with Crippen molar-refractivity contribution in [2.24, 2.45) is 0 Å². The molecule has 0 bridgehead atoms. The van der Waals surface area contributed by atoms with E-state index < -0.39 is 0 Å². The van der Waals surface area contributed by atoms with Crippen LogP contribution in [0.4, 0.5) is 11.4 Å². The van der Waals surface area contributed by atoms with Gasteiger partial charge >= 0.3 is 0 Å². The van der Waals surface area contributed by atoms with Crippen molar-refractivity contribution in [2.45, 2.75) is 13.3 Å². The zero-order valence-corrected chi connectivity index (χ0v) is 16.6. The number of piperazine rings is 1. The minimum absolute atomic E-state index is 0.0364. The molecule has 1 aliphatic rings. The highest BCUT2D eigenvalue weighted by atomic mass is 16.2. The molecule has 0 aromatic heterocycles. The molecule has 148 valence electrons. The summed E-state index contributed by atoms with van der Waals surface area (Å²) < 4.78 is 0. The molecule has 2 amide bonds. The van der Waals surface area contributed by atoms with Gasteiger partial charge in [-0.3, -0.25) is 9.59 Å². The molecule has 1 heterocycles. The summed E-state index contributed by atoms with van der Waals surface area (Å²) in [7, 11) is 2.14. The molecule has 0 saturated carbocycles. The highest BCUT2D eigenvalue weighted by Crippen LogP contribution is 2.23. The predicted octanol–water partition coefficient (Wildman–Crippen LogP) is 2.04. The Labute approximate surface area is 166 Å². The number of anilines is 2. The molecule has 0 unspecified atom stereocenters. The van der Waals surface area contributed by atoms with Crippen LogP contribution in [0.25, 0.3) is 0 Å². The number of amides is 2. The van der Waals surface area contributed by atoms with Gasteiger partial charge in [0.2, 0.25) is 11.8 Å². The Hall–Kier alpha value is -2.86. The van der Waals surface area contributed by atoms with Crippen molar-refractivity contribution in [3.8, 4) is 0 Å². The summed E-state index contributed by atoms with van der Waals surface area (Å²) in [4.78, 5) is 28.9. The molecule has 1 fully saturated rings. The topological polar surface area (TPSA) is 64.7 Å². The molecule has 2 aromatic rings. The number of nitrogens with one attached hydrogen (secondary N) is 2. The maximum atomic E-state index is 12.2. The molecule has 6 nitrogen and oxygen atoms in total. The largest absolute Gasteiger partial charge is 0.369 e. The van der Waals surface area contributed by atoms with Crippen molar-refractivity contribution in [2.75, 3.05) is 50.0 Å². The van der Waals surface area contributed by atoms with E-state index in [0.29, 0.717) is 0 Å². The summed E-state index contributed by atoms with van der Waals surface area (Å²) in [5, 5.41) is 5.56. The molecule has 0 aliphatic carbocycles. The number of hydrogen-bond acceptors (Lipinski definition) is 4. The number of aryl methyl sites for hydroxylation is 1. The SMILES string of the molecule is Cc1cc(N2CCN(C)CC2)ccc1NC(=O)CNC(=O)Cc1ccccc1. The molecule has 6 heteroatoms. The first-order valence-corrected chi connectivity index (χ1v) is 9.66. The molecular formula is C22H28N4O2. The van der Waals surface area contributed by atoms with Crippen LogP contribution in [0.1, 0.15) is 11.1 Å². The number of carbonyl (C=O) groups excluding carboxylic acids is 2. The Morgan fingerprint density at radius 2 is 1.68 bits per heavy atom. The molecule has 1 saturated heterocycles. The second kappa shape index (κ2) is 9.37. The first kappa shape index (κ1) is 19.9. The molecule has 1 aliphatic heterocycles. The zero-order chi connectivity index (χ0) is 19.9. The summed E-state index contributed by atoms with van der Waals surface area (Å²) in [5.74, 6) is -0.389. The van der Waals surface area contributed by atoms with Crippen LogP contribution in [0.3, 0.4) is 0 Å². The molecule has 2 aromatic carbocycles. The van der Waals surface area contributed by atoms with E-state index in [2.05, 4.69) is 33.5 Å².